The molecule has 0 radical (unpaired) electrons. The van der Waals surface area contributed by atoms with Crippen molar-refractivity contribution in [1.29, 1.82) is 0 Å². The highest BCUT2D eigenvalue weighted by molar-refractivity contribution is 7.89. The van der Waals surface area contributed by atoms with Crippen LogP contribution in [0.25, 0.3) is 0 Å². The van der Waals surface area contributed by atoms with Crippen LogP contribution in [-0.2, 0) is 21.3 Å². The Morgan fingerprint density at radius 3 is 2.52 bits per heavy atom. The number of benzene rings is 2. The van der Waals surface area contributed by atoms with E-state index in [0.29, 0.717) is 19.0 Å². The molecule has 6 nitrogen and oxygen atoms in total. The van der Waals surface area contributed by atoms with Crippen LogP contribution in [0.1, 0.15) is 25.0 Å². The molecule has 0 aliphatic rings. The van der Waals surface area contributed by atoms with Gasteiger partial charge in [0.15, 0.2) is 0 Å². The molecule has 0 atom stereocenters. The molecular weight excluding hydrogens is 366 g/mol. The molecule has 0 saturated carbocycles. The Bertz CT molecular complexity index is 849. The van der Waals surface area contributed by atoms with Gasteiger partial charge in [-0.2, -0.15) is 0 Å². The van der Waals surface area contributed by atoms with Crippen LogP contribution in [0.4, 0.5) is 0 Å². The molecule has 0 heterocycles. The molecule has 0 bridgehead atoms. The lowest BCUT2D eigenvalue weighted by Crippen LogP contribution is -2.23. The summed E-state index contributed by atoms with van der Waals surface area (Å²) >= 11 is 0. The molecular formula is C20H27NO5S. The monoisotopic (exact) mass is 393 g/mol. The third-order valence-corrected chi connectivity index (χ3v) is 5.14. The molecule has 2 rings (SSSR count). The Hall–Kier alpha value is -2.09. The molecule has 0 spiro atoms. The average Bonchev–Trinajstić information content (AvgIpc) is 2.61. The minimum absolute atomic E-state index is 0.0598. The van der Waals surface area contributed by atoms with E-state index in [1.807, 2.05) is 45.0 Å². The topological polar surface area (TPSA) is 73.9 Å². The zero-order chi connectivity index (χ0) is 19.9. The van der Waals surface area contributed by atoms with Crippen LogP contribution < -0.4 is 14.2 Å². The fraction of sp³-hybridized carbons (Fsp3) is 0.400. The van der Waals surface area contributed by atoms with E-state index in [2.05, 4.69) is 4.72 Å². The summed E-state index contributed by atoms with van der Waals surface area (Å²) in [5, 5.41) is 0. The van der Waals surface area contributed by atoms with Gasteiger partial charge in [-0.05, 0) is 62.2 Å². The number of methoxy groups -OCH3 is 1. The van der Waals surface area contributed by atoms with Crippen molar-refractivity contribution in [2.24, 2.45) is 0 Å². The molecule has 0 aliphatic carbocycles. The minimum Gasteiger partial charge on any atom is -0.491 e. The molecule has 0 aromatic heterocycles. The Morgan fingerprint density at radius 2 is 1.85 bits per heavy atom. The second-order valence-corrected chi connectivity index (χ2v) is 8.17. The first-order valence-corrected chi connectivity index (χ1v) is 10.3. The lowest BCUT2D eigenvalue weighted by molar-refractivity contribution is 0.146. The van der Waals surface area contributed by atoms with Crippen LogP contribution in [0.2, 0.25) is 0 Å². The maximum Gasteiger partial charge on any atom is 0.240 e. The number of sulfonamides is 1. The third-order valence-electron chi connectivity index (χ3n) is 3.74. The van der Waals surface area contributed by atoms with Crippen LogP contribution in [0.3, 0.4) is 0 Å². The van der Waals surface area contributed by atoms with Crippen molar-refractivity contribution in [3.8, 4) is 11.5 Å². The fourth-order valence-electron chi connectivity index (χ4n) is 2.45. The SMILES string of the molecule is COCCOc1ccc(S(=O)(=O)NCc2cccc(OC(C)C)c2)cc1C. The average molecular weight is 394 g/mol. The van der Waals surface area contributed by atoms with Gasteiger partial charge in [0, 0.05) is 13.7 Å². The zero-order valence-corrected chi connectivity index (χ0v) is 17.0. The van der Waals surface area contributed by atoms with Crippen LogP contribution in [-0.4, -0.2) is 34.8 Å². The zero-order valence-electron chi connectivity index (χ0n) is 16.2. The van der Waals surface area contributed by atoms with E-state index in [4.69, 9.17) is 14.2 Å². The first-order chi connectivity index (χ1) is 12.8. The maximum atomic E-state index is 12.6. The van der Waals surface area contributed by atoms with Gasteiger partial charge in [0.2, 0.25) is 10.0 Å². The summed E-state index contributed by atoms with van der Waals surface area (Å²) in [6, 6.07) is 12.2. The second-order valence-electron chi connectivity index (χ2n) is 6.41. The highest BCUT2D eigenvalue weighted by Gasteiger charge is 2.15. The summed E-state index contributed by atoms with van der Waals surface area (Å²) < 4.78 is 44.0. The van der Waals surface area contributed by atoms with Gasteiger partial charge in [-0.3, -0.25) is 0 Å². The lowest BCUT2D eigenvalue weighted by Gasteiger charge is -2.13. The van der Waals surface area contributed by atoms with Crippen molar-refractivity contribution < 1.29 is 22.6 Å². The smallest absolute Gasteiger partial charge is 0.240 e. The quantitative estimate of drug-likeness (QED) is 0.627. The van der Waals surface area contributed by atoms with Crippen molar-refractivity contribution in [1.82, 2.24) is 4.72 Å². The number of hydrogen-bond acceptors (Lipinski definition) is 5. The molecule has 27 heavy (non-hydrogen) atoms. The first-order valence-electron chi connectivity index (χ1n) is 8.79. The summed E-state index contributed by atoms with van der Waals surface area (Å²) in [7, 11) is -2.03. The Balaban J connectivity index is 2.05. The van der Waals surface area contributed by atoms with E-state index in [1.54, 1.807) is 19.2 Å². The normalized spacial score (nSPS) is 11.6. The van der Waals surface area contributed by atoms with Crippen LogP contribution in [0.15, 0.2) is 47.4 Å². The van der Waals surface area contributed by atoms with Gasteiger partial charge in [-0.15, -0.1) is 0 Å². The fourth-order valence-corrected chi connectivity index (χ4v) is 3.55. The number of rotatable bonds is 10. The first kappa shape index (κ1) is 21.2. The van der Waals surface area contributed by atoms with Crippen molar-refractivity contribution in [2.75, 3.05) is 20.3 Å². The van der Waals surface area contributed by atoms with E-state index in [-0.39, 0.29) is 17.5 Å². The predicted octanol–water partition coefficient (Wildman–Crippen LogP) is 3.29. The van der Waals surface area contributed by atoms with Gasteiger partial charge in [-0.25, -0.2) is 13.1 Å². The Kier molecular flexibility index (Phi) is 7.65. The van der Waals surface area contributed by atoms with Gasteiger partial charge in [0.05, 0.1) is 17.6 Å². The molecule has 2 aromatic carbocycles. The van der Waals surface area contributed by atoms with Gasteiger partial charge in [-0.1, -0.05) is 12.1 Å². The standard InChI is InChI=1S/C20H27NO5S/c1-15(2)26-18-7-5-6-17(13-18)14-21-27(22,23)19-8-9-20(16(3)12-19)25-11-10-24-4/h5-9,12-13,15,21H,10-11,14H2,1-4H3. The Morgan fingerprint density at radius 1 is 1.07 bits per heavy atom. The Labute approximate surface area is 161 Å². The summed E-state index contributed by atoms with van der Waals surface area (Å²) in [6.45, 7) is 6.77. The van der Waals surface area contributed by atoms with E-state index < -0.39 is 10.0 Å². The molecule has 1 N–H and O–H groups in total. The summed E-state index contributed by atoms with van der Waals surface area (Å²) in [5.74, 6) is 1.36. The molecule has 148 valence electrons. The van der Waals surface area contributed by atoms with Crippen molar-refractivity contribution in [3.63, 3.8) is 0 Å². The molecule has 0 amide bonds. The molecule has 2 aromatic rings. The maximum absolute atomic E-state index is 12.6. The predicted molar refractivity (Wildman–Crippen MR) is 105 cm³/mol. The lowest BCUT2D eigenvalue weighted by atomic mass is 10.2. The number of aryl methyl sites for hydroxylation is 1. The summed E-state index contributed by atoms with van der Waals surface area (Å²) in [4.78, 5) is 0.202. The molecule has 7 heteroatoms. The van der Waals surface area contributed by atoms with Gasteiger partial charge < -0.3 is 14.2 Å². The van der Waals surface area contributed by atoms with E-state index in [1.165, 1.54) is 6.07 Å². The molecule has 0 aliphatic heterocycles. The minimum atomic E-state index is -3.63. The van der Waals surface area contributed by atoms with Crippen LogP contribution in [0, 0.1) is 6.92 Å². The van der Waals surface area contributed by atoms with Crippen molar-refractivity contribution >= 4 is 10.0 Å². The molecule has 0 saturated heterocycles. The molecule has 0 fully saturated rings. The van der Waals surface area contributed by atoms with Gasteiger partial charge >= 0.3 is 0 Å². The molecule has 0 unspecified atom stereocenters. The van der Waals surface area contributed by atoms with E-state index in [0.717, 1.165) is 16.9 Å². The largest absolute Gasteiger partial charge is 0.491 e. The number of nitrogens with one attached hydrogen (secondary N) is 1. The van der Waals surface area contributed by atoms with E-state index in [9.17, 15) is 8.42 Å². The van der Waals surface area contributed by atoms with Gasteiger partial charge in [0.25, 0.3) is 0 Å². The van der Waals surface area contributed by atoms with Gasteiger partial charge in [0.1, 0.15) is 18.1 Å². The van der Waals surface area contributed by atoms with Crippen LogP contribution >= 0.6 is 0 Å². The summed E-state index contributed by atoms with van der Waals surface area (Å²) in [5.41, 5.74) is 1.58. The van der Waals surface area contributed by atoms with E-state index >= 15 is 0 Å². The highest BCUT2D eigenvalue weighted by Crippen LogP contribution is 2.22. The highest BCUT2D eigenvalue weighted by atomic mass is 32.2. The third kappa shape index (κ3) is 6.53. The number of ether oxygens (including phenoxy) is 3. The van der Waals surface area contributed by atoms with Crippen molar-refractivity contribution in [3.05, 3.63) is 53.6 Å². The number of hydrogen-bond donors (Lipinski definition) is 1. The second kappa shape index (κ2) is 9.73. The van der Waals surface area contributed by atoms with Crippen LogP contribution in [0.5, 0.6) is 11.5 Å². The van der Waals surface area contributed by atoms with Crippen molar-refractivity contribution in [2.45, 2.75) is 38.3 Å². The summed E-state index contributed by atoms with van der Waals surface area (Å²) in [6.07, 6.45) is 0.0598.